The van der Waals surface area contributed by atoms with Crippen LogP contribution in [0, 0.1) is 0 Å². The highest BCUT2D eigenvalue weighted by molar-refractivity contribution is 6.09. The van der Waals surface area contributed by atoms with Crippen LogP contribution in [0.1, 0.15) is 291 Å². The summed E-state index contributed by atoms with van der Waals surface area (Å²) in [7, 11) is 0. The van der Waals surface area contributed by atoms with Crippen LogP contribution in [0.3, 0.4) is 0 Å². The van der Waals surface area contributed by atoms with E-state index in [1.165, 1.54) is 166 Å². The van der Waals surface area contributed by atoms with E-state index in [1.807, 2.05) is 0 Å². The first kappa shape index (κ1) is 65.1. The van der Waals surface area contributed by atoms with Gasteiger partial charge in [0.1, 0.15) is 23.0 Å². The number of carbonyl (C=O) groups excluding carboxylic acids is 6. The topological polar surface area (TPSA) is 215 Å². The molecule has 0 aliphatic rings. The molecule has 2 rings (SSSR count). The summed E-state index contributed by atoms with van der Waals surface area (Å²) < 4.78 is 10.9. The third-order valence-corrected chi connectivity index (χ3v) is 13.7. The van der Waals surface area contributed by atoms with E-state index in [2.05, 4.69) is 24.7 Å². The number of carbonyl (C=O) groups is 6. The van der Waals surface area contributed by atoms with E-state index >= 15 is 0 Å². The van der Waals surface area contributed by atoms with Gasteiger partial charge < -0.3 is 19.7 Å². The number of nitrogens with zero attached hydrogens (tertiary/aromatic N) is 1. The molecule has 0 saturated heterocycles. The van der Waals surface area contributed by atoms with Crippen LogP contribution in [0.4, 0.5) is 0 Å². The molecule has 0 spiro atoms. The molecule has 74 heavy (non-hydrogen) atoms. The molecule has 6 N–H and O–H groups in total. The Balaban J connectivity index is 1.89. The van der Waals surface area contributed by atoms with Gasteiger partial charge in [-0.2, -0.15) is 5.01 Å². The van der Waals surface area contributed by atoms with Crippen molar-refractivity contribution < 1.29 is 48.5 Å². The van der Waals surface area contributed by atoms with Gasteiger partial charge >= 0.3 is 11.9 Å². The van der Waals surface area contributed by atoms with Crippen molar-refractivity contribution in [3.05, 3.63) is 47.5 Å². The van der Waals surface area contributed by atoms with Crippen LogP contribution in [0.2, 0.25) is 0 Å². The molecule has 0 radical (unpaired) electrons. The summed E-state index contributed by atoms with van der Waals surface area (Å²) in [6, 6.07) is 7.37. The number of unbranched alkanes of at least 4 members (excludes halogenated alkanes) is 33. The number of hydrazine groups is 2. The van der Waals surface area contributed by atoms with Crippen molar-refractivity contribution in [2.45, 2.75) is 271 Å². The Morgan fingerprint density at radius 3 is 1.08 bits per heavy atom. The van der Waals surface area contributed by atoms with E-state index in [1.54, 1.807) is 0 Å². The summed E-state index contributed by atoms with van der Waals surface area (Å²) in [4.78, 5) is 77.9. The molecule has 4 amide bonds. The number of phenols is 2. The van der Waals surface area contributed by atoms with Gasteiger partial charge in [0.2, 0.25) is 11.8 Å². The Kier molecular flexibility index (Phi) is 38.1. The molecule has 14 nitrogen and oxygen atoms in total. The smallest absolute Gasteiger partial charge is 0.311 e. The fourth-order valence-corrected chi connectivity index (χ4v) is 9.13. The second kappa shape index (κ2) is 43.3. The Labute approximate surface area is 445 Å². The van der Waals surface area contributed by atoms with E-state index in [-0.39, 0.29) is 47.8 Å². The second-order valence-corrected chi connectivity index (χ2v) is 20.4. The third-order valence-electron chi connectivity index (χ3n) is 13.7. The van der Waals surface area contributed by atoms with Gasteiger partial charge in [0.05, 0.1) is 11.1 Å². The molecule has 0 atom stereocenters. The zero-order chi connectivity index (χ0) is 53.9. The fraction of sp³-hybridized carbons (Fsp3) is 0.700. The van der Waals surface area contributed by atoms with Crippen LogP contribution in [0.15, 0.2) is 36.4 Å². The number of hydrogen-bond donors (Lipinski definition) is 5. The Morgan fingerprint density at radius 2 is 0.743 bits per heavy atom. The van der Waals surface area contributed by atoms with Crippen molar-refractivity contribution in [2.75, 3.05) is 0 Å². The number of hydrogen-bond acceptors (Lipinski definition) is 11. The van der Waals surface area contributed by atoms with E-state index in [0.717, 1.165) is 69.9 Å². The molecule has 2 aromatic carbocycles. The van der Waals surface area contributed by atoms with Gasteiger partial charge in [-0.05, 0) is 49.9 Å². The van der Waals surface area contributed by atoms with Crippen molar-refractivity contribution in [1.82, 2.24) is 15.9 Å². The Bertz CT molecular complexity index is 1870. The minimum Gasteiger partial charge on any atom is -0.507 e. The van der Waals surface area contributed by atoms with Crippen LogP contribution in [0.25, 0.3) is 0 Å². The molecule has 2 aromatic rings. The molecule has 418 valence electrons. The number of amides is 4. The van der Waals surface area contributed by atoms with Gasteiger partial charge in [-0.1, -0.05) is 219 Å². The highest BCUT2D eigenvalue weighted by Gasteiger charge is 2.29. The highest BCUT2D eigenvalue weighted by Crippen LogP contribution is 2.28. The normalized spacial score (nSPS) is 11.1. The number of nitrogens with two attached hydrogens (primary N) is 1. The van der Waals surface area contributed by atoms with Gasteiger partial charge in [0.15, 0.2) is 0 Å². The van der Waals surface area contributed by atoms with Gasteiger partial charge in [0, 0.05) is 37.8 Å². The maximum Gasteiger partial charge on any atom is 0.311 e. The number of nitrogens with one attached hydrogen (secondary N) is 2. The molecule has 0 aliphatic heterocycles. The SMILES string of the molecule is CCCCCCCCCCCCCCCCCC(=O)Oc1ccc(C(=O)NN(C(=O)CCCCCCCCC(=O)NN)C(=O)c2ccc(OC(=O)CCCCCCCCCCCCCCCCC)cc2O)c(O)c1. The number of benzene rings is 2. The number of aromatic hydroxyl groups is 2. The van der Waals surface area contributed by atoms with Gasteiger partial charge in [-0.15, -0.1) is 0 Å². The zero-order valence-corrected chi connectivity index (χ0v) is 45.9. The van der Waals surface area contributed by atoms with Crippen molar-refractivity contribution in [2.24, 2.45) is 5.84 Å². The quantitative estimate of drug-likeness (QED) is 0.0105. The summed E-state index contributed by atoms with van der Waals surface area (Å²) in [6.07, 6.45) is 41.1. The monoisotopic (exact) mass is 1030 g/mol. The Hall–Kier alpha value is -4.98. The van der Waals surface area contributed by atoms with E-state index in [4.69, 9.17) is 15.3 Å². The number of phenolic OH excluding ortho intramolecular Hbond substituents is 2. The van der Waals surface area contributed by atoms with Crippen LogP contribution < -0.4 is 26.2 Å². The summed E-state index contributed by atoms with van der Waals surface area (Å²) in [5.74, 6) is 0.135. The largest absolute Gasteiger partial charge is 0.507 e. The molecule has 14 heteroatoms. The van der Waals surface area contributed by atoms with Gasteiger partial charge in [-0.3, -0.25) is 39.6 Å². The van der Waals surface area contributed by atoms with Crippen LogP contribution >= 0.6 is 0 Å². The van der Waals surface area contributed by atoms with E-state index < -0.39 is 41.2 Å². The lowest BCUT2D eigenvalue weighted by molar-refractivity contribution is -0.135. The van der Waals surface area contributed by atoms with Crippen molar-refractivity contribution in [1.29, 1.82) is 0 Å². The molecule has 0 aliphatic carbocycles. The molecule has 0 bridgehead atoms. The number of rotatable bonds is 45. The molecule has 0 fully saturated rings. The predicted octanol–water partition coefficient (Wildman–Crippen LogP) is 14.9. The van der Waals surface area contributed by atoms with Gasteiger partial charge in [0.25, 0.3) is 11.8 Å². The molecule has 0 saturated carbocycles. The second-order valence-electron chi connectivity index (χ2n) is 20.4. The standard InChI is InChI=1S/C60H98N4O10/c1-3-5-7-9-11-13-15-17-19-21-23-25-27-33-37-41-57(69)73-49-43-45-51(53(65)47-49)59(71)63-64(56(68)40-36-32-30-29-31-35-39-55(67)62-61)60(72)52-46-44-50(48-54(52)66)74-58(70)42-38-34-28-26-24-22-20-18-16-14-12-10-8-6-4-2/h43-48,65-66H,3-42,61H2,1-2H3,(H,62,67)(H,63,71). The average molecular weight is 1040 g/mol. The maximum absolute atomic E-state index is 13.9. The minimum absolute atomic E-state index is 0.0242. The molecular formula is C60H98N4O10. The maximum atomic E-state index is 13.9. The number of esters is 2. The van der Waals surface area contributed by atoms with Crippen LogP contribution in [-0.2, 0) is 19.2 Å². The van der Waals surface area contributed by atoms with Crippen molar-refractivity contribution in [3.63, 3.8) is 0 Å². The molecule has 0 unspecified atom stereocenters. The van der Waals surface area contributed by atoms with Crippen LogP contribution in [0.5, 0.6) is 23.0 Å². The summed E-state index contributed by atoms with van der Waals surface area (Å²) >= 11 is 0. The first-order valence-corrected chi connectivity index (χ1v) is 29.3. The van der Waals surface area contributed by atoms with Crippen molar-refractivity contribution in [3.8, 4) is 23.0 Å². The summed E-state index contributed by atoms with van der Waals surface area (Å²) in [5.41, 5.74) is 3.79. The number of ether oxygens (including phenoxy) is 2. The lowest BCUT2D eigenvalue weighted by Crippen LogP contribution is -2.49. The minimum atomic E-state index is -1.04. The fourth-order valence-electron chi connectivity index (χ4n) is 9.13. The first-order valence-electron chi connectivity index (χ1n) is 29.3. The molecular weight excluding hydrogens is 937 g/mol. The predicted molar refractivity (Wildman–Crippen MR) is 294 cm³/mol. The molecule has 0 heterocycles. The lowest BCUT2D eigenvalue weighted by Gasteiger charge is -2.22. The van der Waals surface area contributed by atoms with Crippen molar-refractivity contribution >= 4 is 35.6 Å². The van der Waals surface area contributed by atoms with E-state index in [0.29, 0.717) is 43.5 Å². The zero-order valence-electron chi connectivity index (χ0n) is 45.9. The van der Waals surface area contributed by atoms with Crippen LogP contribution in [-0.4, -0.2) is 50.8 Å². The molecule has 0 aromatic heterocycles. The third kappa shape index (κ3) is 31.7. The van der Waals surface area contributed by atoms with Gasteiger partial charge in [-0.25, -0.2) is 5.84 Å². The average Bonchev–Trinajstić information content (AvgIpc) is 3.38. The summed E-state index contributed by atoms with van der Waals surface area (Å²) in [5, 5.41) is 22.4. The van der Waals surface area contributed by atoms with E-state index in [9.17, 15) is 39.0 Å². The first-order chi connectivity index (χ1) is 36.0. The summed E-state index contributed by atoms with van der Waals surface area (Å²) in [6.45, 7) is 4.49. The Morgan fingerprint density at radius 1 is 0.432 bits per heavy atom. The lowest BCUT2D eigenvalue weighted by atomic mass is 10.0. The number of imide groups is 1. The highest BCUT2D eigenvalue weighted by atomic mass is 16.5.